The summed E-state index contributed by atoms with van der Waals surface area (Å²) in [6, 6.07) is 8.53. The van der Waals surface area contributed by atoms with E-state index in [2.05, 4.69) is 21.4 Å². The third-order valence-corrected chi connectivity index (χ3v) is 4.18. The molecule has 0 fully saturated rings. The topological polar surface area (TPSA) is 41.1 Å². The van der Waals surface area contributed by atoms with Crippen LogP contribution < -0.4 is 10.2 Å². The van der Waals surface area contributed by atoms with E-state index in [1.807, 2.05) is 24.9 Å². The minimum absolute atomic E-state index is 0.264. The van der Waals surface area contributed by atoms with E-state index in [0.29, 0.717) is 5.95 Å². The van der Waals surface area contributed by atoms with Gasteiger partial charge in [-0.1, -0.05) is 6.07 Å². The first-order valence-corrected chi connectivity index (χ1v) is 7.35. The van der Waals surface area contributed by atoms with Gasteiger partial charge in [0.15, 0.2) is 0 Å². The first kappa shape index (κ1) is 13.8. The number of nitrogens with one attached hydrogen (secondary N) is 1. The summed E-state index contributed by atoms with van der Waals surface area (Å²) in [5.41, 5.74) is 0.751. The zero-order valence-corrected chi connectivity index (χ0v) is 12.8. The molecule has 0 saturated carbocycles. The fraction of sp³-hybridized carbons (Fsp3) is 0.200. The molecule has 0 aliphatic rings. The van der Waals surface area contributed by atoms with Crippen LogP contribution in [0.3, 0.4) is 0 Å². The second-order valence-electron chi connectivity index (χ2n) is 4.74. The van der Waals surface area contributed by atoms with Gasteiger partial charge in [0.1, 0.15) is 16.5 Å². The molecular weight excluding hydrogens is 287 g/mol. The van der Waals surface area contributed by atoms with Crippen molar-refractivity contribution in [2.75, 3.05) is 24.3 Å². The Bertz CT molecular complexity index is 799. The number of rotatable bonds is 3. The predicted octanol–water partition coefficient (Wildman–Crippen LogP) is 3.95. The van der Waals surface area contributed by atoms with E-state index >= 15 is 0 Å². The standard InChI is InChI=1S/C15H15FN4S/c1-9-7-12-13(18-15(17-2)19-14(12)21-9)20(3)11-6-4-5-10(16)8-11/h4-8H,1-3H3,(H,17,18,19). The van der Waals surface area contributed by atoms with Crippen LogP contribution in [0.25, 0.3) is 10.2 Å². The third kappa shape index (κ3) is 2.54. The summed E-state index contributed by atoms with van der Waals surface area (Å²) in [6.07, 6.45) is 0. The number of fused-ring (bicyclic) bond motifs is 1. The number of anilines is 3. The van der Waals surface area contributed by atoms with Crippen molar-refractivity contribution in [3.8, 4) is 0 Å². The average molecular weight is 302 g/mol. The lowest BCUT2D eigenvalue weighted by Crippen LogP contribution is -2.13. The molecule has 0 amide bonds. The molecule has 1 aromatic carbocycles. The first-order chi connectivity index (χ1) is 10.1. The van der Waals surface area contributed by atoms with Gasteiger partial charge in [0, 0.05) is 24.7 Å². The SMILES string of the molecule is CNc1nc(N(C)c2cccc(F)c2)c2cc(C)sc2n1. The highest BCUT2D eigenvalue weighted by atomic mass is 32.1. The Kier molecular flexibility index (Phi) is 3.47. The third-order valence-electron chi connectivity index (χ3n) is 3.23. The highest BCUT2D eigenvalue weighted by Crippen LogP contribution is 2.34. The fourth-order valence-electron chi connectivity index (χ4n) is 2.20. The van der Waals surface area contributed by atoms with E-state index in [1.165, 1.54) is 17.0 Å². The lowest BCUT2D eigenvalue weighted by atomic mass is 10.2. The van der Waals surface area contributed by atoms with Gasteiger partial charge in [-0.25, -0.2) is 9.37 Å². The van der Waals surface area contributed by atoms with Crippen LogP contribution in [0.15, 0.2) is 30.3 Å². The van der Waals surface area contributed by atoms with E-state index in [9.17, 15) is 4.39 Å². The molecule has 0 unspecified atom stereocenters. The van der Waals surface area contributed by atoms with Gasteiger partial charge in [-0.3, -0.25) is 0 Å². The number of nitrogens with zero attached hydrogens (tertiary/aromatic N) is 3. The Labute approximate surface area is 126 Å². The van der Waals surface area contributed by atoms with Crippen LogP contribution in [0, 0.1) is 12.7 Å². The van der Waals surface area contributed by atoms with E-state index in [4.69, 9.17) is 0 Å². The normalized spacial score (nSPS) is 10.9. The molecule has 3 aromatic rings. The van der Waals surface area contributed by atoms with Crippen molar-refractivity contribution in [2.24, 2.45) is 0 Å². The Morgan fingerprint density at radius 2 is 2.05 bits per heavy atom. The molecule has 0 atom stereocenters. The zero-order valence-electron chi connectivity index (χ0n) is 12.0. The first-order valence-electron chi connectivity index (χ1n) is 6.53. The van der Waals surface area contributed by atoms with Crippen LogP contribution in [-0.4, -0.2) is 24.1 Å². The lowest BCUT2D eigenvalue weighted by molar-refractivity contribution is 0.628. The maximum atomic E-state index is 13.4. The van der Waals surface area contributed by atoms with Gasteiger partial charge in [-0.05, 0) is 31.2 Å². The molecule has 1 N–H and O–H groups in total. The average Bonchev–Trinajstić information content (AvgIpc) is 2.85. The molecule has 0 saturated heterocycles. The van der Waals surface area contributed by atoms with Gasteiger partial charge >= 0.3 is 0 Å². The number of hydrogen-bond donors (Lipinski definition) is 1. The Morgan fingerprint density at radius 1 is 1.24 bits per heavy atom. The van der Waals surface area contributed by atoms with Gasteiger partial charge in [-0.2, -0.15) is 4.98 Å². The monoisotopic (exact) mass is 302 g/mol. The van der Waals surface area contributed by atoms with E-state index in [0.717, 1.165) is 21.7 Å². The molecule has 2 heterocycles. The molecule has 4 nitrogen and oxygen atoms in total. The summed E-state index contributed by atoms with van der Waals surface area (Å²) in [6.45, 7) is 2.04. The summed E-state index contributed by atoms with van der Waals surface area (Å²) in [4.78, 5) is 13.0. The lowest BCUT2D eigenvalue weighted by Gasteiger charge is -2.19. The highest BCUT2D eigenvalue weighted by molar-refractivity contribution is 7.18. The smallest absolute Gasteiger partial charge is 0.225 e. The second kappa shape index (κ2) is 5.29. The van der Waals surface area contributed by atoms with Crippen molar-refractivity contribution in [1.82, 2.24) is 9.97 Å². The number of benzene rings is 1. The molecule has 21 heavy (non-hydrogen) atoms. The highest BCUT2D eigenvalue weighted by Gasteiger charge is 2.15. The summed E-state index contributed by atoms with van der Waals surface area (Å²) in [5.74, 6) is 1.06. The van der Waals surface area contributed by atoms with Crippen LogP contribution in [0.1, 0.15) is 4.88 Å². The second-order valence-corrected chi connectivity index (χ2v) is 5.97. The number of aromatic nitrogens is 2. The number of halogens is 1. The Balaban J connectivity index is 2.18. The van der Waals surface area contributed by atoms with E-state index in [-0.39, 0.29) is 5.82 Å². The number of aryl methyl sites for hydroxylation is 1. The largest absolute Gasteiger partial charge is 0.357 e. The molecule has 108 valence electrons. The Hall–Kier alpha value is -2.21. The molecule has 0 bridgehead atoms. The van der Waals surface area contributed by atoms with Crippen LogP contribution in [0.2, 0.25) is 0 Å². The van der Waals surface area contributed by atoms with Gasteiger partial charge in [0.2, 0.25) is 5.95 Å². The minimum atomic E-state index is -0.264. The van der Waals surface area contributed by atoms with Gasteiger partial charge < -0.3 is 10.2 Å². The fourth-order valence-corrected chi connectivity index (χ4v) is 3.08. The molecular formula is C15H15FN4S. The summed E-state index contributed by atoms with van der Waals surface area (Å²) < 4.78 is 13.4. The number of hydrogen-bond acceptors (Lipinski definition) is 5. The molecule has 3 rings (SSSR count). The molecule has 0 radical (unpaired) electrons. The van der Waals surface area contributed by atoms with Crippen molar-refractivity contribution in [3.63, 3.8) is 0 Å². The maximum Gasteiger partial charge on any atom is 0.225 e. The summed E-state index contributed by atoms with van der Waals surface area (Å²) >= 11 is 1.62. The van der Waals surface area contributed by atoms with Crippen LogP contribution >= 0.6 is 11.3 Å². The predicted molar refractivity (Wildman–Crippen MR) is 86.2 cm³/mol. The zero-order chi connectivity index (χ0) is 15.0. The van der Waals surface area contributed by atoms with Crippen molar-refractivity contribution in [1.29, 1.82) is 0 Å². The molecule has 0 aliphatic carbocycles. The molecule has 0 aliphatic heterocycles. The summed E-state index contributed by atoms with van der Waals surface area (Å²) in [7, 11) is 3.66. The summed E-state index contributed by atoms with van der Waals surface area (Å²) in [5, 5.41) is 3.95. The maximum absolute atomic E-state index is 13.4. The van der Waals surface area contributed by atoms with E-state index in [1.54, 1.807) is 24.5 Å². The quantitative estimate of drug-likeness (QED) is 0.795. The van der Waals surface area contributed by atoms with E-state index < -0.39 is 0 Å². The molecule has 2 aromatic heterocycles. The number of thiophene rings is 1. The molecule has 0 spiro atoms. The van der Waals surface area contributed by atoms with Crippen molar-refractivity contribution in [2.45, 2.75) is 6.92 Å². The van der Waals surface area contributed by atoms with Gasteiger partial charge in [0.05, 0.1) is 5.39 Å². The van der Waals surface area contributed by atoms with Crippen molar-refractivity contribution in [3.05, 3.63) is 41.0 Å². The van der Waals surface area contributed by atoms with Crippen molar-refractivity contribution >= 4 is 39.0 Å². The van der Waals surface area contributed by atoms with Crippen LogP contribution in [0.5, 0.6) is 0 Å². The van der Waals surface area contributed by atoms with Crippen LogP contribution in [0.4, 0.5) is 21.8 Å². The van der Waals surface area contributed by atoms with Gasteiger partial charge in [0.25, 0.3) is 0 Å². The van der Waals surface area contributed by atoms with Crippen molar-refractivity contribution < 1.29 is 4.39 Å². The van der Waals surface area contributed by atoms with Gasteiger partial charge in [-0.15, -0.1) is 11.3 Å². The van der Waals surface area contributed by atoms with Crippen LogP contribution in [-0.2, 0) is 0 Å². The Morgan fingerprint density at radius 3 is 2.76 bits per heavy atom. The molecule has 6 heteroatoms. The minimum Gasteiger partial charge on any atom is -0.357 e.